The Morgan fingerprint density at radius 2 is 1.89 bits per heavy atom. The SMILES string of the molecule is N#Cc1ccc(-c2nccc3c(Br)cccc23)cc1NC1CCC(O)CC1. The van der Waals surface area contributed by atoms with Crippen LogP contribution in [0.3, 0.4) is 0 Å². The zero-order chi connectivity index (χ0) is 18.8. The molecule has 1 aromatic heterocycles. The van der Waals surface area contributed by atoms with E-state index in [0.29, 0.717) is 5.56 Å². The number of hydrogen-bond donors (Lipinski definition) is 2. The quantitative estimate of drug-likeness (QED) is 0.605. The van der Waals surface area contributed by atoms with Gasteiger partial charge in [0.05, 0.1) is 23.0 Å². The fourth-order valence-electron chi connectivity index (χ4n) is 3.75. The molecule has 3 aromatic rings. The van der Waals surface area contributed by atoms with Crippen LogP contribution in [-0.4, -0.2) is 22.2 Å². The minimum atomic E-state index is -0.192. The van der Waals surface area contributed by atoms with Crippen molar-refractivity contribution in [3.05, 3.63) is 58.7 Å². The van der Waals surface area contributed by atoms with Gasteiger partial charge in [-0.05, 0) is 55.3 Å². The molecule has 0 spiro atoms. The average Bonchev–Trinajstić information content (AvgIpc) is 2.70. The molecule has 1 aliphatic carbocycles. The molecule has 0 saturated heterocycles. The highest BCUT2D eigenvalue weighted by Gasteiger charge is 2.20. The Kier molecular flexibility index (Phi) is 5.11. The number of nitrogens with one attached hydrogen (secondary N) is 1. The lowest BCUT2D eigenvalue weighted by Gasteiger charge is -2.27. The van der Waals surface area contributed by atoms with Gasteiger partial charge in [-0.1, -0.05) is 34.1 Å². The molecular weight excluding hydrogens is 402 g/mol. The van der Waals surface area contributed by atoms with Crippen LogP contribution in [0.2, 0.25) is 0 Å². The molecule has 136 valence electrons. The predicted molar refractivity (Wildman–Crippen MR) is 111 cm³/mol. The highest BCUT2D eigenvalue weighted by molar-refractivity contribution is 9.10. The topological polar surface area (TPSA) is 68.9 Å². The Labute approximate surface area is 167 Å². The summed E-state index contributed by atoms with van der Waals surface area (Å²) >= 11 is 3.61. The molecule has 0 aliphatic heterocycles. The first-order chi connectivity index (χ1) is 13.2. The monoisotopic (exact) mass is 421 g/mol. The smallest absolute Gasteiger partial charge is 0.101 e. The summed E-state index contributed by atoms with van der Waals surface area (Å²) in [5.74, 6) is 0. The van der Waals surface area contributed by atoms with Gasteiger partial charge in [0.15, 0.2) is 0 Å². The summed E-state index contributed by atoms with van der Waals surface area (Å²) in [5, 5.41) is 24.9. The molecule has 27 heavy (non-hydrogen) atoms. The second-order valence-electron chi connectivity index (χ2n) is 7.02. The molecule has 1 fully saturated rings. The minimum absolute atomic E-state index is 0.192. The largest absolute Gasteiger partial charge is 0.393 e. The van der Waals surface area contributed by atoms with E-state index in [2.05, 4.69) is 38.4 Å². The fourth-order valence-corrected chi connectivity index (χ4v) is 4.25. The zero-order valence-electron chi connectivity index (χ0n) is 14.8. The Balaban J connectivity index is 1.73. The van der Waals surface area contributed by atoms with E-state index in [1.807, 2.05) is 42.6 Å². The molecule has 1 heterocycles. The Morgan fingerprint density at radius 3 is 2.67 bits per heavy atom. The van der Waals surface area contributed by atoms with Crippen LogP contribution in [0.1, 0.15) is 31.2 Å². The van der Waals surface area contributed by atoms with Gasteiger partial charge in [-0.3, -0.25) is 4.98 Å². The van der Waals surface area contributed by atoms with Crippen molar-refractivity contribution in [2.45, 2.75) is 37.8 Å². The molecule has 0 bridgehead atoms. The van der Waals surface area contributed by atoms with Gasteiger partial charge in [-0.2, -0.15) is 5.26 Å². The van der Waals surface area contributed by atoms with E-state index in [1.54, 1.807) is 0 Å². The van der Waals surface area contributed by atoms with Gasteiger partial charge < -0.3 is 10.4 Å². The molecule has 0 radical (unpaired) electrons. The number of halogens is 1. The van der Waals surface area contributed by atoms with Crippen LogP contribution in [0.15, 0.2) is 53.1 Å². The highest BCUT2D eigenvalue weighted by atomic mass is 79.9. The summed E-state index contributed by atoms with van der Waals surface area (Å²) < 4.78 is 1.04. The summed E-state index contributed by atoms with van der Waals surface area (Å²) in [6.07, 6.45) is 5.06. The van der Waals surface area contributed by atoms with Crippen LogP contribution >= 0.6 is 15.9 Å². The lowest BCUT2D eigenvalue weighted by atomic mass is 9.92. The Morgan fingerprint density at radius 1 is 1.07 bits per heavy atom. The standard InChI is InChI=1S/C22H20BrN3O/c23-20-3-1-2-19-18(20)10-11-25-22(19)14-4-5-15(13-24)21(12-14)26-16-6-8-17(27)9-7-16/h1-5,10-12,16-17,26-27H,6-9H2. The fraction of sp³-hybridized carbons (Fsp3) is 0.273. The summed E-state index contributed by atoms with van der Waals surface area (Å²) in [7, 11) is 0. The highest BCUT2D eigenvalue weighted by Crippen LogP contribution is 2.33. The molecule has 2 N–H and O–H groups in total. The van der Waals surface area contributed by atoms with Crippen LogP contribution in [0.5, 0.6) is 0 Å². The third-order valence-corrected chi connectivity index (χ3v) is 5.91. The third kappa shape index (κ3) is 3.69. The molecule has 0 amide bonds. The first-order valence-electron chi connectivity index (χ1n) is 9.18. The van der Waals surface area contributed by atoms with Crippen molar-refractivity contribution in [3.8, 4) is 17.3 Å². The average molecular weight is 422 g/mol. The van der Waals surface area contributed by atoms with Crippen molar-refractivity contribution in [2.75, 3.05) is 5.32 Å². The molecule has 5 heteroatoms. The van der Waals surface area contributed by atoms with E-state index in [-0.39, 0.29) is 12.1 Å². The van der Waals surface area contributed by atoms with Crippen molar-refractivity contribution in [1.29, 1.82) is 5.26 Å². The second-order valence-corrected chi connectivity index (χ2v) is 7.87. The van der Waals surface area contributed by atoms with Crippen LogP contribution in [0, 0.1) is 11.3 Å². The Bertz CT molecular complexity index is 1020. The number of aliphatic hydroxyl groups is 1. The maximum Gasteiger partial charge on any atom is 0.101 e. The third-order valence-electron chi connectivity index (χ3n) is 5.22. The van der Waals surface area contributed by atoms with E-state index in [9.17, 15) is 10.4 Å². The molecule has 1 saturated carbocycles. The number of aromatic nitrogens is 1. The lowest BCUT2D eigenvalue weighted by Crippen LogP contribution is -2.28. The first-order valence-corrected chi connectivity index (χ1v) is 9.97. The molecule has 0 atom stereocenters. The van der Waals surface area contributed by atoms with Crippen molar-refractivity contribution < 1.29 is 5.11 Å². The van der Waals surface area contributed by atoms with Crippen molar-refractivity contribution in [2.24, 2.45) is 0 Å². The number of aliphatic hydroxyl groups excluding tert-OH is 1. The van der Waals surface area contributed by atoms with E-state index in [4.69, 9.17) is 0 Å². The van der Waals surface area contributed by atoms with Gasteiger partial charge in [0, 0.05) is 27.7 Å². The van der Waals surface area contributed by atoms with Gasteiger partial charge >= 0.3 is 0 Å². The zero-order valence-corrected chi connectivity index (χ0v) is 16.4. The number of nitrogens with zero attached hydrogens (tertiary/aromatic N) is 2. The summed E-state index contributed by atoms with van der Waals surface area (Å²) in [6.45, 7) is 0. The lowest BCUT2D eigenvalue weighted by molar-refractivity contribution is 0.126. The number of hydrogen-bond acceptors (Lipinski definition) is 4. The molecule has 4 rings (SSSR count). The van der Waals surface area contributed by atoms with Gasteiger partial charge in [-0.25, -0.2) is 0 Å². The van der Waals surface area contributed by atoms with Gasteiger partial charge in [0.25, 0.3) is 0 Å². The van der Waals surface area contributed by atoms with Crippen LogP contribution < -0.4 is 5.32 Å². The molecule has 4 nitrogen and oxygen atoms in total. The van der Waals surface area contributed by atoms with Gasteiger partial charge in [0.2, 0.25) is 0 Å². The predicted octanol–water partition coefficient (Wildman–Crippen LogP) is 5.25. The van der Waals surface area contributed by atoms with Crippen LogP contribution in [0.25, 0.3) is 22.0 Å². The minimum Gasteiger partial charge on any atom is -0.393 e. The summed E-state index contributed by atoms with van der Waals surface area (Å²) in [5.41, 5.74) is 3.35. The van der Waals surface area contributed by atoms with Crippen molar-refractivity contribution >= 4 is 32.4 Å². The number of pyridine rings is 1. The molecule has 2 aromatic carbocycles. The maximum absolute atomic E-state index is 9.72. The van der Waals surface area contributed by atoms with E-state index >= 15 is 0 Å². The number of nitriles is 1. The number of rotatable bonds is 3. The Hall–Kier alpha value is -2.42. The summed E-state index contributed by atoms with van der Waals surface area (Å²) in [4.78, 5) is 4.61. The number of anilines is 1. The second kappa shape index (κ2) is 7.67. The van der Waals surface area contributed by atoms with E-state index < -0.39 is 0 Å². The number of benzene rings is 2. The van der Waals surface area contributed by atoms with Crippen LogP contribution in [-0.2, 0) is 0 Å². The molecule has 0 unspecified atom stereocenters. The molecular formula is C22H20BrN3O. The van der Waals surface area contributed by atoms with Gasteiger partial charge in [-0.15, -0.1) is 0 Å². The van der Waals surface area contributed by atoms with Crippen molar-refractivity contribution in [3.63, 3.8) is 0 Å². The molecule has 1 aliphatic rings. The van der Waals surface area contributed by atoms with Crippen molar-refractivity contribution in [1.82, 2.24) is 4.98 Å². The normalized spacial score (nSPS) is 19.6. The maximum atomic E-state index is 9.72. The summed E-state index contributed by atoms with van der Waals surface area (Å²) in [6, 6.07) is 16.5. The van der Waals surface area contributed by atoms with E-state index in [1.165, 1.54) is 0 Å². The van der Waals surface area contributed by atoms with E-state index in [0.717, 1.165) is 57.9 Å². The number of fused-ring (bicyclic) bond motifs is 1. The first kappa shape index (κ1) is 18.0. The van der Waals surface area contributed by atoms with Gasteiger partial charge in [0.1, 0.15) is 6.07 Å². The van der Waals surface area contributed by atoms with Crippen LogP contribution in [0.4, 0.5) is 5.69 Å².